The molecule has 34 heavy (non-hydrogen) atoms. The molecule has 5 heteroatoms. The molecule has 0 N–H and O–H groups in total. The summed E-state index contributed by atoms with van der Waals surface area (Å²) in [7, 11) is 0. The summed E-state index contributed by atoms with van der Waals surface area (Å²) in [5, 5.41) is 0. The van der Waals surface area contributed by atoms with E-state index in [9.17, 15) is 17.6 Å². The number of hydrogen-bond acceptors (Lipinski definition) is 0. The molecule has 0 saturated heterocycles. The van der Waals surface area contributed by atoms with E-state index >= 15 is 4.39 Å². The van der Waals surface area contributed by atoms with Gasteiger partial charge in [0.2, 0.25) is 0 Å². The highest BCUT2D eigenvalue weighted by Crippen LogP contribution is 2.43. The van der Waals surface area contributed by atoms with Gasteiger partial charge in [0.25, 0.3) is 0 Å². The van der Waals surface area contributed by atoms with E-state index < -0.39 is 23.3 Å². The molecule has 3 aromatic rings. The van der Waals surface area contributed by atoms with Crippen molar-refractivity contribution < 1.29 is 22.0 Å². The minimum atomic E-state index is -1.15. The third-order valence-corrected chi connectivity index (χ3v) is 6.73. The molecule has 0 aliphatic heterocycles. The molecule has 1 aliphatic carbocycles. The van der Waals surface area contributed by atoms with Gasteiger partial charge in [0, 0.05) is 11.1 Å². The van der Waals surface area contributed by atoms with E-state index in [0.717, 1.165) is 19.3 Å². The minimum absolute atomic E-state index is 0.158. The summed E-state index contributed by atoms with van der Waals surface area (Å²) in [5.74, 6) is -4.58. The summed E-state index contributed by atoms with van der Waals surface area (Å²) in [6, 6.07) is 8.17. The Hall–Kier alpha value is -2.69. The quantitative estimate of drug-likeness (QED) is 0.169. The zero-order valence-corrected chi connectivity index (χ0v) is 19.6. The second-order valence-corrected chi connectivity index (χ2v) is 9.21. The molecule has 0 unspecified atom stereocenters. The maximum absolute atomic E-state index is 15.1. The second kappa shape index (κ2) is 10.3. The Balaban J connectivity index is 1.57. The van der Waals surface area contributed by atoms with Crippen molar-refractivity contribution in [1.29, 1.82) is 0 Å². The monoisotopic (exact) mass is 472 g/mol. The van der Waals surface area contributed by atoms with Crippen molar-refractivity contribution in [3.05, 3.63) is 92.8 Å². The molecule has 0 nitrogen and oxygen atoms in total. The average Bonchev–Trinajstić information content (AvgIpc) is 3.18. The van der Waals surface area contributed by atoms with E-state index in [1.54, 1.807) is 18.2 Å². The molecule has 0 amide bonds. The molecule has 0 heterocycles. The van der Waals surface area contributed by atoms with E-state index in [1.807, 2.05) is 13.0 Å². The van der Waals surface area contributed by atoms with E-state index in [4.69, 9.17) is 0 Å². The van der Waals surface area contributed by atoms with E-state index in [-0.39, 0.29) is 40.9 Å². The number of aryl methyl sites for hydroxylation is 4. The number of halogens is 5. The third kappa shape index (κ3) is 4.62. The van der Waals surface area contributed by atoms with Crippen LogP contribution in [0.2, 0.25) is 0 Å². The fraction of sp³-hybridized carbons (Fsp3) is 0.379. The molecule has 0 spiro atoms. The van der Waals surface area contributed by atoms with Gasteiger partial charge in [-0.05, 0) is 78.0 Å². The van der Waals surface area contributed by atoms with Gasteiger partial charge in [0.05, 0.1) is 0 Å². The Bertz CT molecular complexity index is 1210. The van der Waals surface area contributed by atoms with Gasteiger partial charge in [-0.15, -0.1) is 0 Å². The van der Waals surface area contributed by atoms with Crippen molar-refractivity contribution in [2.24, 2.45) is 0 Å². The van der Waals surface area contributed by atoms with E-state index in [1.165, 1.54) is 6.07 Å². The number of unbranched alkanes of at least 4 members (excludes halogenated alkanes) is 2. The zero-order valence-electron chi connectivity index (χ0n) is 19.6. The SMILES string of the molecule is CCCCCc1ccc(CCc2cc3c(c(F)c2F)-c2c(cc(CCC)c(F)c2F)C3)cc1F. The van der Waals surface area contributed by atoms with Crippen molar-refractivity contribution in [3.63, 3.8) is 0 Å². The molecule has 0 saturated carbocycles. The maximum atomic E-state index is 15.1. The number of hydrogen-bond donors (Lipinski definition) is 0. The van der Waals surface area contributed by atoms with Crippen LogP contribution in [0.4, 0.5) is 22.0 Å². The first-order valence-corrected chi connectivity index (χ1v) is 12.1. The van der Waals surface area contributed by atoms with Gasteiger partial charge in [-0.1, -0.05) is 57.4 Å². The summed E-state index contributed by atoms with van der Waals surface area (Å²) < 4.78 is 73.7. The highest BCUT2D eigenvalue weighted by atomic mass is 19.2. The fourth-order valence-electron chi connectivity index (χ4n) is 4.93. The van der Waals surface area contributed by atoms with E-state index in [0.29, 0.717) is 47.9 Å². The Kier molecular flexibility index (Phi) is 7.39. The number of benzene rings is 3. The lowest BCUT2D eigenvalue weighted by Gasteiger charge is -2.12. The molecule has 0 bridgehead atoms. The molecule has 0 fully saturated rings. The van der Waals surface area contributed by atoms with Crippen LogP contribution in [0.1, 0.15) is 72.9 Å². The van der Waals surface area contributed by atoms with Crippen LogP contribution in [0.15, 0.2) is 30.3 Å². The zero-order chi connectivity index (χ0) is 24.4. The first-order chi connectivity index (χ1) is 16.3. The van der Waals surface area contributed by atoms with Gasteiger partial charge >= 0.3 is 0 Å². The molecule has 0 aromatic heterocycles. The molecular weight excluding hydrogens is 443 g/mol. The molecule has 0 radical (unpaired) electrons. The molecular formula is C29H29F5. The first-order valence-electron chi connectivity index (χ1n) is 12.1. The van der Waals surface area contributed by atoms with Crippen LogP contribution in [-0.2, 0) is 32.1 Å². The lowest BCUT2D eigenvalue weighted by molar-refractivity contribution is 0.491. The predicted molar refractivity (Wildman–Crippen MR) is 126 cm³/mol. The summed E-state index contributed by atoms with van der Waals surface area (Å²) in [4.78, 5) is 0. The lowest BCUT2D eigenvalue weighted by atomic mass is 9.96. The van der Waals surface area contributed by atoms with Crippen molar-refractivity contribution >= 4 is 0 Å². The Labute approximate surface area is 197 Å². The summed E-state index contributed by atoms with van der Waals surface area (Å²) in [6.45, 7) is 3.96. The molecule has 1 aliphatic rings. The molecule has 3 aromatic carbocycles. The van der Waals surface area contributed by atoms with Gasteiger partial charge in [0.15, 0.2) is 23.3 Å². The van der Waals surface area contributed by atoms with Gasteiger partial charge in [0.1, 0.15) is 5.82 Å². The smallest absolute Gasteiger partial charge is 0.167 e. The summed E-state index contributed by atoms with van der Waals surface area (Å²) in [6.07, 6.45) is 5.50. The van der Waals surface area contributed by atoms with E-state index in [2.05, 4.69) is 6.92 Å². The number of rotatable bonds is 9. The first kappa shape index (κ1) is 24.4. The average molecular weight is 473 g/mol. The molecule has 0 atom stereocenters. The second-order valence-electron chi connectivity index (χ2n) is 9.21. The number of fused-ring (bicyclic) bond motifs is 3. The van der Waals surface area contributed by atoms with Crippen LogP contribution >= 0.6 is 0 Å². The Morgan fingerprint density at radius 1 is 0.588 bits per heavy atom. The topological polar surface area (TPSA) is 0 Å². The van der Waals surface area contributed by atoms with Gasteiger partial charge in [-0.3, -0.25) is 0 Å². The highest BCUT2D eigenvalue weighted by Gasteiger charge is 2.31. The van der Waals surface area contributed by atoms with Crippen LogP contribution in [0.5, 0.6) is 0 Å². The lowest BCUT2D eigenvalue weighted by Crippen LogP contribution is -2.03. The van der Waals surface area contributed by atoms with Crippen molar-refractivity contribution in [2.75, 3.05) is 0 Å². The maximum Gasteiger partial charge on any atom is 0.167 e. The van der Waals surface area contributed by atoms with Crippen LogP contribution in [0, 0.1) is 29.1 Å². The van der Waals surface area contributed by atoms with Gasteiger partial charge in [-0.2, -0.15) is 0 Å². The van der Waals surface area contributed by atoms with Crippen LogP contribution in [0.3, 0.4) is 0 Å². The van der Waals surface area contributed by atoms with Crippen molar-refractivity contribution in [3.8, 4) is 11.1 Å². The normalized spacial score (nSPS) is 12.2. The highest BCUT2D eigenvalue weighted by molar-refractivity contribution is 5.79. The van der Waals surface area contributed by atoms with Gasteiger partial charge in [-0.25, -0.2) is 22.0 Å². The third-order valence-electron chi connectivity index (χ3n) is 6.73. The van der Waals surface area contributed by atoms with Crippen LogP contribution < -0.4 is 0 Å². The molecule has 4 rings (SSSR count). The summed E-state index contributed by atoms with van der Waals surface area (Å²) in [5.41, 5.74) is 2.37. The van der Waals surface area contributed by atoms with Crippen molar-refractivity contribution in [1.82, 2.24) is 0 Å². The minimum Gasteiger partial charge on any atom is -0.207 e. The predicted octanol–water partition coefficient (Wildman–Crippen LogP) is 8.42. The standard InChI is InChI=1S/C29H29F5/c1-3-5-6-8-18-11-9-17(13-23(18)30)10-12-20-15-22-16-21-14-19(7-4-2)26(31)28(33)24(21)25(22)29(34)27(20)32/h9,11,13-15H,3-8,10,12,16H2,1-2H3. The summed E-state index contributed by atoms with van der Waals surface area (Å²) >= 11 is 0. The largest absolute Gasteiger partial charge is 0.207 e. The molecule has 180 valence electrons. The van der Waals surface area contributed by atoms with Crippen molar-refractivity contribution in [2.45, 2.75) is 71.6 Å². The Morgan fingerprint density at radius 2 is 1.21 bits per heavy atom. The fourth-order valence-corrected chi connectivity index (χ4v) is 4.93. The van der Waals surface area contributed by atoms with Crippen LogP contribution in [0.25, 0.3) is 11.1 Å². The van der Waals surface area contributed by atoms with Crippen LogP contribution in [-0.4, -0.2) is 0 Å². The van der Waals surface area contributed by atoms with Gasteiger partial charge < -0.3 is 0 Å². The Morgan fingerprint density at radius 3 is 1.76 bits per heavy atom.